The van der Waals surface area contributed by atoms with Crippen LogP contribution >= 0.6 is 0 Å². The number of likely N-dealkylation sites (N-methyl/N-ethyl adjacent to an activating group) is 1. The van der Waals surface area contributed by atoms with Crippen molar-refractivity contribution < 1.29 is 0 Å². The zero-order valence-corrected chi connectivity index (χ0v) is 6.30. The van der Waals surface area contributed by atoms with E-state index in [1.165, 1.54) is 0 Å². The summed E-state index contributed by atoms with van der Waals surface area (Å²) in [5, 5.41) is 3.30. The standard InChI is InChI=1S/C7H13N3/c1-8-5-7-6-10(2)4-3-9-7/h7,9H,3-6H2,2H3. The summed E-state index contributed by atoms with van der Waals surface area (Å²) in [5.74, 6) is 0. The number of hydrogen-bond donors (Lipinski definition) is 1. The van der Waals surface area contributed by atoms with Gasteiger partial charge in [0.15, 0.2) is 0 Å². The Morgan fingerprint density at radius 1 is 1.80 bits per heavy atom. The van der Waals surface area contributed by atoms with Gasteiger partial charge in [-0.1, -0.05) is 0 Å². The molecule has 0 aromatic rings. The van der Waals surface area contributed by atoms with E-state index in [2.05, 4.69) is 22.1 Å². The first-order chi connectivity index (χ1) is 4.83. The Kier molecular flexibility index (Phi) is 2.67. The van der Waals surface area contributed by atoms with Gasteiger partial charge < -0.3 is 15.1 Å². The molecule has 1 unspecified atom stereocenters. The summed E-state index contributed by atoms with van der Waals surface area (Å²) in [6, 6.07) is 0.399. The molecule has 0 aromatic carbocycles. The summed E-state index contributed by atoms with van der Waals surface area (Å²) in [5.41, 5.74) is 0. The van der Waals surface area contributed by atoms with E-state index in [-0.39, 0.29) is 0 Å². The van der Waals surface area contributed by atoms with Crippen molar-refractivity contribution in [3.05, 3.63) is 11.4 Å². The van der Waals surface area contributed by atoms with Gasteiger partial charge in [0.05, 0.1) is 6.04 Å². The Morgan fingerprint density at radius 2 is 2.60 bits per heavy atom. The SMILES string of the molecule is [C-]#[N+]CC1CN(C)CCN1. The van der Waals surface area contributed by atoms with E-state index < -0.39 is 0 Å². The largest absolute Gasteiger partial charge is 0.315 e. The van der Waals surface area contributed by atoms with Crippen molar-refractivity contribution in [3.63, 3.8) is 0 Å². The van der Waals surface area contributed by atoms with Gasteiger partial charge in [0.25, 0.3) is 0 Å². The first-order valence-electron chi connectivity index (χ1n) is 3.58. The van der Waals surface area contributed by atoms with Gasteiger partial charge in [0.1, 0.15) is 0 Å². The minimum atomic E-state index is 0.399. The van der Waals surface area contributed by atoms with Crippen molar-refractivity contribution in [2.45, 2.75) is 6.04 Å². The molecule has 0 spiro atoms. The third-order valence-electron chi connectivity index (χ3n) is 1.77. The summed E-state index contributed by atoms with van der Waals surface area (Å²) in [6.45, 7) is 10.4. The second-order valence-electron chi connectivity index (χ2n) is 2.75. The molecule has 1 heterocycles. The third kappa shape index (κ3) is 1.98. The van der Waals surface area contributed by atoms with Gasteiger partial charge in [-0.25, -0.2) is 6.57 Å². The van der Waals surface area contributed by atoms with Gasteiger partial charge in [-0.2, -0.15) is 0 Å². The first-order valence-corrected chi connectivity index (χ1v) is 3.58. The molecule has 0 amide bonds. The lowest BCUT2D eigenvalue weighted by Crippen LogP contribution is -2.50. The van der Waals surface area contributed by atoms with Crippen LogP contribution in [0.15, 0.2) is 0 Å². The van der Waals surface area contributed by atoms with E-state index in [0.29, 0.717) is 12.6 Å². The molecular weight excluding hydrogens is 126 g/mol. The van der Waals surface area contributed by atoms with Gasteiger partial charge in [-0.3, -0.25) is 0 Å². The number of rotatable bonds is 1. The minimum Gasteiger partial charge on any atom is -0.315 e. The van der Waals surface area contributed by atoms with Crippen LogP contribution in [0, 0.1) is 6.57 Å². The van der Waals surface area contributed by atoms with E-state index in [4.69, 9.17) is 6.57 Å². The van der Waals surface area contributed by atoms with Crippen LogP contribution in [-0.2, 0) is 0 Å². The molecule has 0 saturated carbocycles. The van der Waals surface area contributed by atoms with Crippen LogP contribution < -0.4 is 5.32 Å². The molecule has 0 aliphatic carbocycles. The normalized spacial score (nSPS) is 27.8. The molecule has 1 fully saturated rings. The van der Waals surface area contributed by atoms with Crippen LogP contribution in [0.3, 0.4) is 0 Å². The minimum absolute atomic E-state index is 0.399. The maximum atomic E-state index is 6.67. The molecule has 1 aliphatic rings. The highest BCUT2D eigenvalue weighted by molar-refractivity contribution is 4.82. The molecule has 0 radical (unpaired) electrons. The van der Waals surface area contributed by atoms with Gasteiger partial charge in [-0.15, -0.1) is 0 Å². The fraction of sp³-hybridized carbons (Fsp3) is 0.857. The maximum Gasteiger partial charge on any atom is 0.231 e. The molecule has 10 heavy (non-hydrogen) atoms. The highest BCUT2D eigenvalue weighted by Crippen LogP contribution is 1.95. The van der Waals surface area contributed by atoms with Crippen molar-refractivity contribution in [2.75, 3.05) is 33.2 Å². The third-order valence-corrected chi connectivity index (χ3v) is 1.77. The lowest BCUT2D eigenvalue weighted by Gasteiger charge is -2.27. The van der Waals surface area contributed by atoms with Crippen LogP contribution in [0.2, 0.25) is 0 Å². The van der Waals surface area contributed by atoms with E-state index in [0.717, 1.165) is 19.6 Å². The Labute approximate surface area is 61.8 Å². The summed E-state index contributed by atoms with van der Waals surface area (Å²) in [6.07, 6.45) is 0. The average Bonchev–Trinajstić information content (AvgIpc) is 1.88. The van der Waals surface area contributed by atoms with Gasteiger partial charge in [0.2, 0.25) is 6.54 Å². The van der Waals surface area contributed by atoms with Gasteiger partial charge in [0, 0.05) is 19.6 Å². The quantitative estimate of drug-likeness (QED) is 0.508. The second-order valence-corrected chi connectivity index (χ2v) is 2.75. The van der Waals surface area contributed by atoms with Crippen LogP contribution in [0.5, 0.6) is 0 Å². The summed E-state index contributed by atoms with van der Waals surface area (Å²) >= 11 is 0. The molecule has 1 saturated heterocycles. The van der Waals surface area contributed by atoms with Crippen LogP contribution in [0.1, 0.15) is 0 Å². The Bertz CT molecular complexity index is 138. The second kappa shape index (κ2) is 3.55. The van der Waals surface area contributed by atoms with E-state index in [9.17, 15) is 0 Å². The zero-order chi connectivity index (χ0) is 7.40. The van der Waals surface area contributed by atoms with Crippen molar-refractivity contribution in [3.8, 4) is 0 Å². The smallest absolute Gasteiger partial charge is 0.231 e. The molecule has 3 heteroatoms. The molecule has 1 atom stereocenters. The zero-order valence-electron chi connectivity index (χ0n) is 6.30. The van der Waals surface area contributed by atoms with Crippen LogP contribution in [-0.4, -0.2) is 44.2 Å². The molecule has 1 N–H and O–H groups in total. The lowest BCUT2D eigenvalue weighted by molar-refractivity contribution is 0.246. The number of hydrogen-bond acceptors (Lipinski definition) is 2. The fourth-order valence-electron chi connectivity index (χ4n) is 1.22. The molecule has 0 aromatic heterocycles. The Hall–Kier alpha value is -0.590. The van der Waals surface area contributed by atoms with Crippen molar-refractivity contribution in [2.24, 2.45) is 0 Å². The topological polar surface area (TPSA) is 19.6 Å². The highest BCUT2D eigenvalue weighted by Gasteiger charge is 2.17. The predicted octanol–water partition coefficient (Wildman–Crippen LogP) is -0.191. The van der Waals surface area contributed by atoms with Gasteiger partial charge >= 0.3 is 0 Å². The highest BCUT2D eigenvalue weighted by atomic mass is 15.2. The van der Waals surface area contributed by atoms with Crippen molar-refractivity contribution in [1.82, 2.24) is 10.2 Å². The van der Waals surface area contributed by atoms with E-state index >= 15 is 0 Å². The van der Waals surface area contributed by atoms with Crippen molar-refractivity contribution >= 4 is 0 Å². The average molecular weight is 139 g/mol. The predicted molar refractivity (Wildman–Crippen MR) is 40.8 cm³/mol. The van der Waals surface area contributed by atoms with E-state index in [1.54, 1.807) is 0 Å². The van der Waals surface area contributed by atoms with Crippen LogP contribution in [0.25, 0.3) is 4.85 Å². The first kappa shape index (κ1) is 7.52. The van der Waals surface area contributed by atoms with Crippen LogP contribution in [0.4, 0.5) is 0 Å². The summed E-state index contributed by atoms with van der Waals surface area (Å²) in [7, 11) is 2.10. The summed E-state index contributed by atoms with van der Waals surface area (Å²) in [4.78, 5) is 5.61. The molecule has 56 valence electrons. The molecule has 3 nitrogen and oxygen atoms in total. The van der Waals surface area contributed by atoms with E-state index in [1.807, 2.05) is 0 Å². The fourth-order valence-corrected chi connectivity index (χ4v) is 1.22. The summed E-state index contributed by atoms with van der Waals surface area (Å²) < 4.78 is 0. The number of nitrogens with one attached hydrogen (secondary N) is 1. The lowest BCUT2D eigenvalue weighted by atomic mass is 10.2. The maximum absolute atomic E-state index is 6.67. The molecule has 1 rings (SSSR count). The number of piperazine rings is 1. The Balaban J connectivity index is 2.27. The van der Waals surface area contributed by atoms with Crippen molar-refractivity contribution in [1.29, 1.82) is 0 Å². The molecule has 1 aliphatic heterocycles. The monoisotopic (exact) mass is 139 g/mol. The molecule has 0 bridgehead atoms. The Morgan fingerprint density at radius 3 is 3.20 bits per heavy atom. The molecular formula is C7H13N3. The van der Waals surface area contributed by atoms with Gasteiger partial charge in [-0.05, 0) is 7.05 Å². The number of nitrogens with zero attached hydrogens (tertiary/aromatic N) is 2.